The third-order valence-corrected chi connectivity index (χ3v) is 4.15. The van der Waals surface area contributed by atoms with E-state index < -0.39 is 0 Å². The van der Waals surface area contributed by atoms with Crippen LogP contribution in [-0.2, 0) is 9.53 Å². The first-order valence-electron chi connectivity index (χ1n) is 6.92. The smallest absolute Gasteiger partial charge is 0.251 e. The van der Waals surface area contributed by atoms with Crippen molar-refractivity contribution in [1.29, 1.82) is 0 Å². The van der Waals surface area contributed by atoms with Crippen LogP contribution in [0.25, 0.3) is 0 Å². The normalized spacial score (nSPS) is 30.1. The molecule has 104 valence electrons. The third-order valence-electron chi connectivity index (χ3n) is 4.15. The molecule has 0 spiro atoms. The molecule has 18 heavy (non-hydrogen) atoms. The maximum Gasteiger partial charge on any atom is 0.251 e. The lowest BCUT2D eigenvalue weighted by Gasteiger charge is -2.36. The Kier molecular flexibility index (Phi) is 4.59. The quantitative estimate of drug-likeness (QED) is 0.774. The molecule has 0 radical (unpaired) electrons. The zero-order valence-electron chi connectivity index (χ0n) is 11.5. The molecule has 2 saturated heterocycles. The fourth-order valence-electron chi connectivity index (χ4n) is 2.87. The van der Waals surface area contributed by atoms with Gasteiger partial charge in [-0.25, -0.2) is 0 Å². The van der Waals surface area contributed by atoms with Crippen molar-refractivity contribution in [3.63, 3.8) is 0 Å². The number of carbonyl (C=O) groups is 1. The van der Waals surface area contributed by atoms with Crippen LogP contribution in [0.2, 0.25) is 0 Å². The Morgan fingerprint density at radius 1 is 1.28 bits per heavy atom. The maximum absolute atomic E-state index is 12.3. The summed E-state index contributed by atoms with van der Waals surface area (Å²) < 4.78 is 5.67. The van der Waals surface area contributed by atoms with Gasteiger partial charge in [0.15, 0.2) is 0 Å². The topological polar surface area (TPSA) is 58.8 Å². The molecule has 2 fully saturated rings. The van der Waals surface area contributed by atoms with E-state index in [1.54, 1.807) is 0 Å². The van der Waals surface area contributed by atoms with E-state index in [9.17, 15) is 4.79 Å². The molecule has 0 aromatic heterocycles. The second kappa shape index (κ2) is 5.99. The Bertz CT molecular complexity index is 288. The van der Waals surface area contributed by atoms with Gasteiger partial charge in [-0.1, -0.05) is 0 Å². The van der Waals surface area contributed by atoms with Gasteiger partial charge >= 0.3 is 0 Å². The molecule has 0 aromatic rings. The highest BCUT2D eigenvalue weighted by molar-refractivity contribution is 5.81. The van der Waals surface area contributed by atoms with Crippen LogP contribution in [0.15, 0.2) is 0 Å². The Balaban J connectivity index is 1.81. The van der Waals surface area contributed by atoms with Gasteiger partial charge in [0.25, 0.3) is 5.91 Å². The van der Waals surface area contributed by atoms with Crippen LogP contribution in [0.3, 0.4) is 0 Å². The summed E-state index contributed by atoms with van der Waals surface area (Å²) in [4.78, 5) is 16.5. The van der Waals surface area contributed by atoms with Crippen LogP contribution in [0, 0.1) is 0 Å². The molecule has 0 aliphatic carbocycles. The molecule has 0 bridgehead atoms. The van der Waals surface area contributed by atoms with Gasteiger partial charge in [0.1, 0.15) is 6.10 Å². The minimum atomic E-state index is -0.241. The van der Waals surface area contributed by atoms with Crippen molar-refractivity contribution in [1.82, 2.24) is 9.80 Å². The second-order valence-electron chi connectivity index (χ2n) is 5.58. The Morgan fingerprint density at radius 2 is 1.94 bits per heavy atom. The van der Waals surface area contributed by atoms with E-state index in [1.165, 1.54) is 0 Å². The summed E-state index contributed by atoms with van der Waals surface area (Å²) in [6, 6.07) is 0.607. The fraction of sp³-hybridized carbons (Fsp3) is 0.923. The molecule has 2 rings (SSSR count). The summed E-state index contributed by atoms with van der Waals surface area (Å²) in [5.74, 6) is 0.170. The molecule has 2 aliphatic heterocycles. The largest absolute Gasteiger partial charge is 0.364 e. The number of nitrogens with two attached hydrogens (primary N) is 1. The number of nitrogens with zero attached hydrogens (tertiary/aromatic N) is 2. The molecule has 2 heterocycles. The van der Waals surface area contributed by atoms with Crippen molar-refractivity contribution < 1.29 is 9.53 Å². The number of ether oxygens (including phenoxy) is 1. The van der Waals surface area contributed by atoms with E-state index in [2.05, 4.69) is 19.0 Å². The predicted octanol–water partition coefficient (Wildman–Crippen LogP) is 0.0453. The van der Waals surface area contributed by atoms with Gasteiger partial charge in [0.2, 0.25) is 0 Å². The Labute approximate surface area is 109 Å². The highest BCUT2D eigenvalue weighted by Crippen LogP contribution is 2.23. The lowest BCUT2D eigenvalue weighted by molar-refractivity contribution is -0.144. The van der Waals surface area contributed by atoms with Crippen LogP contribution in [-0.4, -0.2) is 67.7 Å². The van der Waals surface area contributed by atoms with Gasteiger partial charge in [-0.3, -0.25) is 4.79 Å². The van der Waals surface area contributed by atoms with Crippen LogP contribution in [0.5, 0.6) is 0 Å². The molecule has 5 nitrogen and oxygen atoms in total. The van der Waals surface area contributed by atoms with Crippen molar-refractivity contribution in [2.45, 2.75) is 43.9 Å². The minimum Gasteiger partial charge on any atom is -0.364 e. The van der Waals surface area contributed by atoms with Crippen molar-refractivity contribution in [2.75, 3.05) is 33.7 Å². The minimum absolute atomic E-state index is 0.0817. The molecule has 0 saturated carbocycles. The van der Waals surface area contributed by atoms with E-state index in [4.69, 9.17) is 10.5 Å². The molecule has 1 amide bonds. The van der Waals surface area contributed by atoms with Gasteiger partial charge in [-0.05, 0) is 39.8 Å². The maximum atomic E-state index is 12.3. The van der Waals surface area contributed by atoms with Crippen molar-refractivity contribution >= 4 is 5.91 Å². The predicted molar refractivity (Wildman–Crippen MR) is 70.2 cm³/mol. The summed E-state index contributed by atoms with van der Waals surface area (Å²) in [5, 5.41) is 0. The highest BCUT2D eigenvalue weighted by Gasteiger charge is 2.34. The first kappa shape index (κ1) is 13.8. The van der Waals surface area contributed by atoms with Crippen LogP contribution >= 0.6 is 0 Å². The first-order valence-corrected chi connectivity index (χ1v) is 6.92. The number of rotatable bonds is 3. The standard InChI is InChI=1S/C13H25N3O2/c1-15(2)10-5-7-16(8-6-10)13(17)12-4-3-11(9-14)18-12/h10-12H,3-9,14H2,1-2H3. The molecule has 2 atom stereocenters. The van der Waals surface area contributed by atoms with E-state index >= 15 is 0 Å². The number of piperidine rings is 1. The van der Waals surface area contributed by atoms with Crippen LogP contribution in [0.1, 0.15) is 25.7 Å². The molecule has 2 aliphatic rings. The number of amides is 1. The molecule has 5 heteroatoms. The van der Waals surface area contributed by atoms with E-state index in [0.29, 0.717) is 12.6 Å². The van der Waals surface area contributed by atoms with E-state index in [1.807, 2.05) is 4.90 Å². The summed E-state index contributed by atoms with van der Waals surface area (Å²) in [7, 11) is 4.21. The van der Waals surface area contributed by atoms with E-state index in [0.717, 1.165) is 38.8 Å². The number of hydrogen-bond donors (Lipinski definition) is 1. The second-order valence-corrected chi connectivity index (χ2v) is 5.58. The number of likely N-dealkylation sites (tertiary alicyclic amines) is 1. The van der Waals surface area contributed by atoms with Crippen LogP contribution < -0.4 is 5.73 Å². The fourth-order valence-corrected chi connectivity index (χ4v) is 2.87. The van der Waals surface area contributed by atoms with Crippen molar-refractivity contribution in [2.24, 2.45) is 5.73 Å². The first-order chi connectivity index (χ1) is 8.61. The summed E-state index contributed by atoms with van der Waals surface area (Å²) >= 11 is 0. The number of hydrogen-bond acceptors (Lipinski definition) is 4. The monoisotopic (exact) mass is 255 g/mol. The lowest BCUT2D eigenvalue weighted by atomic mass is 10.0. The average Bonchev–Trinajstić information content (AvgIpc) is 2.86. The average molecular weight is 255 g/mol. The van der Waals surface area contributed by atoms with Crippen molar-refractivity contribution in [3.05, 3.63) is 0 Å². The van der Waals surface area contributed by atoms with Gasteiger partial charge < -0.3 is 20.3 Å². The SMILES string of the molecule is CN(C)C1CCN(C(=O)C2CCC(CN)O2)CC1. The van der Waals surface area contributed by atoms with E-state index in [-0.39, 0.29) is 18.1 Å². The Morgan fingerprint density at radius 3 is 2.44 bits per heavy atom. The summed E-state index contributed by atoms with van der Waals surface area (Å²) in [6.45, 7) is 2.23. The summed E-state index contributed by atoms with van der Waals surface area (Å²) in [6.07, 6.45) is 3.71. The summed E-state index contributed by atoms with van der Waals surface area (Å²) in [5.41, 5.74) is 5.57. The van der Waals surface area contributed by atoms with Gasteiger partial charge in [0.05, 0.1) is 6.10 Å². The number of carbonyl (C=O) groups excluding carboxylic acids is 1. The van der Waals surface area contributed by atoms with Gasteiger partial charge in [-0.2, -0.15) is 0 Å². The lowest BCUT2D eigenvalue weighted by Crippen LogP contribution is -2.47. The molecular weight excluding hydrogens is 230 g/mol. The molecule has 2 N–H and O–H groups in total. The Hall–Kier alpha value is -0.650. The van der Waals surface area contributed by atoms with Crippen molar-refractivity contribution in [3.8, 4) is 0 Å². The van der Waals surface area contributed by atoms with Crippen LogP contribution in [0.4, 0.5) is 0 Å². The molecule has 2 unspecified atom stereocenters. The zero-order chi connectivity index (χ0) is 13.1. The zero-order valence-corrected chi connectivity index (χ0v) is 11.5. The van der Waals surface area contributed by atoms with Gasteiger partial charge in [0, 0.05) is 25.7 Å². The highest BCUT2D eigenvalue weighted by atomic mass is 16.5. The van der Waals surface area contributed by atoms with Gasteiger partial charge in [-0.15, -0.1) is 0 Å². The third kappa shape index (κ3) is 3.02. The molecular formula is C13H25N3O2. The molecule has 0 aromatic carbocycles.